The zero-order valence-electron chi connectivity index (χ0n) is 16.7. The van der Waals surface area contributed by atoms with Crippen LogP contribution in [-0.4, -0.2) is 71.0 Å². The maximum Gasteiger partial charge on any atom is 0.410 e. The first kappa shape index (κ1) is 20.0. The second-order valence-electron chi connectivity index (χ2n) is 8.54. The number of piperidine rings is 1. The van der Waals surface area contributed by atoms with Crippen LogP contribution in [0.1, 0.15) is 40.0 Å². The minimum absolute atomic E-state index is 0.232. The normalized spacial score (nSPS) is 21.3. The molecule has 2 aliphatic rings. The van der Waals surface area contributed by atoms with Crippen LogP contribution in [0.15, 0.2) is 30.3 Å². The van der Waals surface area contributed by atoms with Crippen molar-refractivity contribution in [3.05, 3.63) is 30.3 Å². The van der Waals surface area contributed by atoms with Crippen molar-refractivity contribution in [1.82, 2.24) is 9.80 Å². The zero-order valence-corrected chi connectivity index (χ0v) is 16.7. The molecule has 3 rings (SSSR count). The van der Waals surface area contributed by atoms with Crippen molar-refractivity contribution in [2.45, 2.75) is 57.3 Å². The molecule has 2 heterocycles. The molecule has 1 spiro atoms. The van der Waals surface area contributed by atoms with E-state index in [0.29, 0.717) is 25.7 Å². The van der Waals surface area contributed by atoms with Gasteiger partial charge in [-0.1, -0.05) is 18.2 Å². The Kier molecular flexibility index (Phi) is 5.96. The molecule has 0 aliphatic carbocycles. The minimum Gasteiger partial charge on any atom is -0.492 e. The topological polar surface area (TPSA) is 62.2 Å². The maximum absolute atomic E-state index is 12.3. The molecule has 2 saturated heterocycles. The van der Waals surface area contributed by atoms with Crippen LogP contribution in [0.2, 0.25) is 0 Å². The van der Waals surface area contributed by atoms with Crippen molar-refractivity contribution in [2.24, 2.45) is 0 Å². The number of ether oxygens (including phenoxy) is 2. The Bertz CT molecular complexity index is 621. The number of likely N-dealkylation sites (tertiary alicyclic amines) is 1. The van der Waals surface area contributed by atoms with Crippen LogP contribution in [-0.2, 0) is 4.74 Å². The van der Waals surface area contributed by atoms with E-state index in [0.717, 1.165) is 38.1 Å². The number of carbonyl (C=O) groups is 1. The lowest BCUT2D eigenvalue weighted by molar-refractivity contribution is -0.0222. The predicted octanol–water partition coefficient (Wildman–Crippen LogP) is 2.90. The number of amides is 1. The van der Waals surface area contributed by atoms with Gasteiger partial charge < -0.3 is 24.4 Å². The molecule has 1 aromatic carbocycles. The lowest BCUT2D eigenvalue weighted by atomic mass is 9.89. The Balaban J connectivity index is 1.46. The summed E-state index contributed by atoms with van der Waals surface area (Å²) in [4.78, 5) is 16.4. The standard InChI is InChI=1S/C21H32N2O4/c1-17(15-20(2,3)25)22-11-9-21(10-12-22)16-23(19(24)27-21)13-14-26-18-7-5-4-6-8-18/h4-8,17,25H,9-16H2,1-3H3. The molecule has 27 heavy (non-hydrogen) atoms. The molecule has 150 valence electrons. The molecule has 2 fully saturated rings. The Labute approximate surface area is 162 Å². The largest absolute Gasteiger partial charge is 0.492 e. The minimum atomic E-state index is -0.663. The van der Waals surface area contributed by atoms with Crippen LogP contribution in [0, 0.1) is 0 Å². The summed E-state index contributed by atoms with van der Waals surface area (Å²) in [5, 5.41) is 10.0. The molecule has 0 saturated carbocycles. The van der Waals surface area contributed by atoms with Crippen LogP contribution < -0.4 is 4.74 Å². The molecular weight excluding hydrogens is 344 g/mol. The first-order valence-corrected chi connectivity index (χ1v) is 9.89. The first-order valence-electron chi connectivity index (χ1n) is 9.89. The van der Waals surface area contributed by atoms with Gasteiger partial charge in [-0.15, -0.1) is 0 Å². The van der Waals surface area contributed by atoms with E-state index in [1.165, 1.54) is 0 Å². The molecule has 1 unspecified atom stereocenters. The Hall–Kier alpha value is -1.79. The smallest absolute Gasteiger partial charge is 0.410 e. The lowest BCUT2D eigenvalue weighted by Crippen LogP contribution is -2.50. The highest BCUT2D eigenvalue weighted by atomic mass is 16.6. The van der Waals surface area contributed by atoms with Gasteiger partial charge in [-0.25, -0.2) is 4.79 Å². The lowest BCUT2D eigenvalue weighted by Gasteiger charge is -2.41. The van der Waals surface area contributed by atoms with Crippen molar-refractivity contribution in [1.29, 1.82) is 0 Å². The van der Waals surface area contributed by atoms with Gasteiger partial charge in [0.2, 0.25) is 0 Å². The highest BCUT2D eigenvalue weighted by Gasteiger charge is 2.47. The quantitative estimate of drug-likeness (QED) is 0.793. The zero-order chi connectivity index (χ0) is 19.5. The molecule has 0 aromatic heterocycles. The van der Waals surface area contributed by atoms with Crippen LogP contribution in [0.25, 0.3) is 0 Å². The van der Waals surface area contributed by atoms with Gasteiger partial charge in [0.15, 0.2) is 0 Å². The van der Waals surface area contributed by atoms with E-state index >= 15 is 0 Å². The van der Waals surface area contributed by atoms with Gasteiger partial charge >= 0.3 is 6.09 Å². The van der Waals surface area contributed by atoms with Crippen LogP contribution in [0.5, 0.6) is 5.75 Å². The monoisotopic (exact) mass is 376 g/mol. The van der Waals surface area contributed by atoms with Gasteiger partial charge in [-0.05, 0) is 39.3 Å². The van der Waals surface area contributed by atoms with E-state index in [-0.39, 0.29) is 11.7 Å². The summed E-state index contributed by atoms with van der Waals surface area (Å²) in [6.07, 6.45) is 2.18. The van der Waals surface area contributed by atoms with Gasteiger partial charge in [0.1, 0.15) is 18.0 Å². The average molecular weight is 376 g/mol. The average Bonchev–Trinajstić information content (AvgIpc) is 2.90. The third-order valence-electron chi connectivity index (χ3n) is 5.54. The van der Waals surface area contributed by atoms with Crippen LogP contribution in [0.4, 0.5) is 4.79 Å². The molecule has 1 aromatic rings. The number of nitrogens with zero attached hydrogens (tertiary/aromatic N) is 2. The molecule has 6 heteroatoms. The molecule has 1 amide bonds. The number of para-hydroxylation sites is 1. The molecule has 1 N–H and O–H groups in total. The van der Waals surface area contributed by atoms with Gasteiger partial charge in [0, 0.05) is 32.0 Å². The van der Waals surface area contributed by atoms with Crippen molar-refractivity contribution < 1.29 is 19.4 Å². The molecule has 2 aliphatic heterocycles. The summed E-state index contributed by atoms with van der Waals surface area (Å²) in [7, 11) is 0. The summed E-state index contributed by atoms with van der Waals surface area (Å²) in [5.41, 5.74) is -1.03. The van der Waals surface area contributed by atoms with E-state index in [1.54, 1.807) is 4.90 Å². The highest BCUT2D eigenvalue weighted by Crippen LogP contribution is 2.34. The fourth-order valence-corrected chi connectivity index (χ4v) is 4.14. The van der Waals surface area contributed by atoms with Crippen molar-refractivity contribution >= 4 is 6.09 Å². The van der Waals surface area contributed by atoms with Crippen molar-refractivity contribution in [2.75, 3.05) is 32.8 Å². The van der Waals surface area contributed by atoms with E-state index in [1.807, 2.05) is 44.2 Å². The molecule has 6 nitrogen and oxygen atoms in total. The summed E-state index contributed by atoms with van der Waals surface area (Å²) in [6, 6.07) is 9.95. The fourth-order valence-electron chi connectivity index (χ4n) is 4.14. The third kappa shape index (κ3) is 5.36. The van der Waals surface area contributed by atoms with Crippen molar-refractivity contribution in [3.63, 3.8) is 0 Å². The van der Waals surface area contributed by atoms with Gasteiger partial charge in [-0.2, -0.15) is 0 Å². The number of aliphatic hydroxyl groups is 1. The second-order valence-corrected chi connectivity index (χ2v) is 8.54. The van der Waals surface area contributed by atoms with E-state index in [4.69, 9.17) is 9.47 Å². The van der Waals surface area contributed by atoms with E-state index in [2.05, 4.69) is 11.8 Å². The molecule has 0 radical (unpaired) electrons. The number of hydrogen-bond donors (Lipinski definition) is 1. The van der Waals surface area contributed by atoms with Gasteiger partial charge in [-0.3, -0.25) is 0 Å². The van der Waals surface area contributed by atoms with Crippen LogP contribution in [0.3, 0.4) is 0 Å². The predicted molar refractivity (Wildman–Crippen MR) is 104 cm³/mol. The third-order valence-corrected chi connectivity index (χ3v) is 5.54. The van der Waals surface area contributed by atoms with Gasteiger partial charge in [0.25, 0.3) is 0 Å². The van der Waals surface area contributed by atoms with E-state index < -0.39 is 5.60 Å². The second kappa shape index (κ2) is 8.07. The summed E-state index contributed by atoms with van der Waals surface area (Å²) in [6.45, 7) is 9.27. The first-order chi connectivity index (χ1) is 12.8. The molecule has 0 bridgehead atoms. The Morgan fingerprint density at radius 2 is 1.93 bits per heavy atom. The number of hydrogen-bond acceptors (Lipinski definition) is 5. The Morgan fingerprint density at radius 1 is 1.26 bits per heavy atom. The van der Waals surface area contributed by atoms with Crippen LogP contribution >= 0.6 is 0 Å². The summed E-state index contributed by atoms with van der Waals surface area (Å²) < 4.78 is 11.5. The SMILES string of the molecule is CC(CC(C)(C)O)N1CCC2(CC1)CN(CCOc1ccccc1)C(=O)O2. The summed E-state index contributed by atoms with van der Waals surface area (Å²) in [5.74, 6) is 0.814. The van der Waals surface area contributed by atoms with E-state index in [9.17, 15) is 9.90 Å². The maximum atomic E-state index is 12.3. The number of benzene rings is 1. The highest BCUT2D eigenvalue weighted by molar-refractivity contribution is 5.70. The number of carbonyl (C=O) groups excluding carboxylic acids is 1. The molecular formula is C21H32N2O4. The Morgan fingerprint density at radius 3 is 2.56 bits per heavy atom. The van der Waals surface area contributed by atoms with Crippen molar-refractivity contribution in [3.8, 4) is 5.75 Å². The molecule has 1 atom stereocenters. The fraction of sp³-hybridized carbons (Fsp3) is 0.667. The number of rotatable bonds is 7. The summed E-state index contributed by atoms with van der Waals surface area (Å²) >= 11 is 0. The van der Waals surface area contributed by atoms with Gasteiger partial charge in [0.05, 0.1) is 18.7 Å².